The molecule has 3 saturated carbocycles. The van der Waals surface area contributed by atoms with Gasteiger partial charge in [-0.2, -0.15) is 0 Å². The number of hydrogen-bond donors (Lipinski definition) is 0. The maximum absolute atomic E-state index is 12.8. The van der Waals surface area contributed by atoms with E-state index < -0.39 is 0 Å². The smallest absolute Gasteiger partial charge is 0.409 e. The molecule has 1 spiro atoms. The molecule has 9 unspecified atom stereocenters. The standard InChI is InChI=1S/C29H46N2O3/c1-19-24-9-10-26-23-8-7-20-16-21(34-27(32)30(3)17-22-6-5-15-33-22)11-13-28(20,2)25(23)12-14-29(24,26)18-31(19)4/h7,19,21-26H,5-6,8-18H2,1-4H3. The van der Waals surface area contributed by atoms with E-state index in [1.165, 1.54) is 45.1 Å². The van der Waals surface area contributed by atoms with Crippen molar-refractivity contribution in [2.24, 2.45) is 34.5 Å². The first kappa shape index (κ1) is 23.3. The highest BCUT2D eigenvalue weighted by molar-refractivity contribution is 5.67. The lowest BCUT2D eigenvalue weighted by atomic mass is 9.47. The minimum atomic E-state index is -0.172. The predicted octanol–water partition coefficient (Wildman–Crippen LogP) is 5.50. The van der Waals surface area contributed by atoms with Gasteiger partial charge in [0.25, 0.3) is 0 Å². The Morgan fingerprint density at radius 3 is 2.79 bits per heavy atom. The first-order chi connectivity index (χ1) is 16.3. The van der Waals surface area contributed by atoms with Crippen molar-refractivity contribution >= 4 is 6.09 Å². The molecule has 6 rings (SSSR count). The van der Waals surface area contributed by atoms with Crippen LogP contribution in [0.4, 0.5) is 4.79 Å². The summed E-state index contributed by atoms with van der Waals surface area (Å²) in [6.45, 7) is 7.84. The summed E-state index contributed by atoms with van der Waals surface area (Å²) in [6.07, 6.45) is 14.9. The topological polar surface area (TPSA) is 42.0 Å². The molecule has 0 aromatic rings. The Labute approximate surface area is 206 Å². The predicted molar refractivity (Wildman–Crippen MR) is 133 cm³/mol. The number of likely N-dealkylation sites (N-methyl/N-ethyl adjacent to an activating group) is 1. The van der Waals surface area contributed by atoms with Crippen molar-refractivity contribution in [2.45, 2.75) is 96.3 Å². The van der Waals surface area contributed by atoms with E-state index >= 15 is 0 Å². The molecule has 0 radical (unpaired) electrons. The van der Waals surface area contributed by atoms with E-state index in [-0.39, 0.29) is 18.3 Å². The molecule has 0 aromatic carbocycles. The van der Waals surface area contributed by atoms with Crippen LogP contribution in [0.5, 0.6) is 0 Å². The highest BCUT2D eigenvalue weighted by Gasteiger charge is 2.64. The van der Waals surface area contributed by atoms with Gasteiger partial charge in [0.15, 0.2) is 0 Å². The Bertz CT molecular complexity index is 837. The first-order valence-electron chi connectivity index (χ1n) is 14.2. The van der Waals surface area contributed by atoms with Crippen molar-refractivity contribution in [3.63, 3.8) is 0 Å². The summed E-state index contributed by atoms with van der Waals surface area (Å²) in [4.78, 5) is 17.2. The molecule has 0 N–H and O–H groups in total. The number of nitrogens with zero attached hydrogens (tertiary/aromatic N) is 2. The van der Waals surface area contributed by atoms with E-state index in [0.717, 1.165) is 62.0 Å². The minimum Gasteiger partial charge on any atom is -0.446 e. The third-order valence-electron chi connectivity index (χ3n) is 11.7. The fourth-order valence-electron chi connectivity index (χ4n) is 9.93. The molecule has 2 aliphatic heterocycles. The van der Waals surface area contributed by atoms with Crippen molar-refractivity contribution in [1.82, 2.24) is 9.80 Å². The number of fused-ring (bicyclic) bond motifs is 4. The zero-order chi connectivity index (χ0) is 23.7. The van der Waals surface area contributed by atoms with Crippen LogP contribution in [0.3, 0.4) is 0 Å². The highest BCUT2D eigenvalue weighted by Crippen LogP contribution is 2.68. The van der Waals surface area contributed by atoms with Gasteiger partial charge in [-0.05, 0) is 106 Å². The maximum Gasteiger partial charge on any atom is 0.409 e. The summed E-state index contributed by atoms with van der Waals surface area (Å²) >= 11 is 0. The molecule has 9 atom stereocenters. The fraction of sp³-hybridized carbons (Fsp3) is 0.897. The van der Waals surface area contributed by atoms with Crippen LogP contribution in [0.2, 0.25) is 0 Å². The average Bonchev–Trinajstić information content (AvgIpc) is 3.51. The van der Waals surface area contributed by atoms with Crippen LogP contribution < -0.4 is 0 Å². The molecule has 4 aliphatic carbocycles. The van der Waals surface area contributed by atoms with Gasteiger partial charge in [-0.3, -0.25) is 0 Å². The molecule has 0 bridgehead atoms. The number of likely N-dealkylation sites (tertiary alicyclic amines) is 1. The molecule has 5 heteroatoms. The maximum atomic E-state index is 12.8. The summed E-state index contributed by atoms with van der Waals surface area (Å²) in [5.41, 5.74) is 2.50. The molecule has 0 aromatic heterocycles. The molecular formula is C29H46N2O3. The lowest BCUT2D eigenvalue weighted by Gasteiger charge is -2.58. The molecule has 1 amide bonds. The van der Waals surface area contributed by atoms with E-state index in [9.17, 15) is 4.79 Å². The van der Waals surface area contributed by atoms with Gasteiger partial charge in [0.05, 0.1) is 6.10 Å². The van der Waals surface area contributed by atoms with Gasteiger partial charge in [0.2, 0.25) is 0 Å². The second kappa shape index (κ2) is 8.50. The van der Waals surface area contributed by atoms with Gasteiger partial charge in [0.1, 0.15) is 6.10 Å². The molecule has 190 valence electrons. The normalized spacial score (nSPS) is 47.9. The molecule has 6 aliphatic rings. The van der Waals surface area contributed by atoms with Gasteiger partial charge in [-0.1, -0.05) is 18.6 Å². The lowest BCUT2D eigenvalue weighted by molar-refractivity contribution is -0.0506. The number of hydrogen-bond acceptors (Lipinski definition) is 4. The zero-order valence-corrected chi connectivity index (χ0v) is 21.9. The van der Waals surface area contributed by atoms with Gasteiger partial charge in [-0.25, -0.2) is 4.79 Å². The van der Waals surface area contributed by atoms with Crippen LogP contribution in [-0.2, 0) is 9.47 Å². The quantitative estimate of drug-likeness (QED) is 0.511. The van der Waals surface area contributed by atoms with Crippen LogP contribution in [-0.4, -0.2) is 67.9 Å². The largest absolute Gasteiger partial charge is 0.446 e. The lowest BCUT2D eigenvalue weighted by Crippen LogP contribution is -2.52. The van der Waals surface area contributed by atoms with Crippen LogP contribution in [0.25, 0.3) is 0 Å². The summed E-state index contributed by atoms with van der Waals surface area (Å²) in [5.74, 6) is 3.52. The Balaban J connectivity index is 1.13. The van der Waals surface area contributed by atoms with Gasteiger partial charge in [0, 0.05) is 39.2 Å². The Morgan fingerprint density at radius 1 is 1.18 bits per heavy atom. The van der Waals surface area contributed by atoms with E-state index in [1.54, 1.807) is 10.5 Å². The second-order valence-electron chi connectivity index (χ2n) is 13.1. The number of allylic oxidation sites excluding steroid dienone is 1. The molecule has 2 saturated heterocycles. The molecule has 2 heterocycles. The van der Waals surface area contributed by atoms with Crippen LogP contribution in [0.1, 0.15) is 78.1 Å². The van der Waals surface area contributed by atoms with E-state index in [1.807, 2.05) is 7.05 Å². The second-order valence-corrected chi connectivity index (χ2v) is 13.1. The summed E-state index contributed by atoms with van der Waals surface area (Å²) in [5, 5.41) is 0. The average molecular weight is 471 g/mol. The monoisotopic (exact) mass is 470 g/mol. The van der Waals surface area contributed by atoms with Crippen molar-refractivity contribution in [3.8, 4) is 0 Å². The van der Waals surface area contributed by atoms with Gasteiger partial charge < -0.3 is 19.3 Å². The third kappa shape index (κ3) is 3.50. The van der Waals surface area contributed by atoms with Crippen molar-refractivity contribution in [2.75, 3.05) is 33.8 Å². The van der Waals surface area contributed by atoms with Crippen LogP contribution in [0, 0.1) is 34.5 Å². The summed E-state index contributed by atoms with van der Waals surface area (Å²) in [7, 11) is 4.22. The minimum absolute atomic E-state index is 0.0328. The summed E-state index contributed by atoms with van der Waals surface area (Å²) < 4.78 is 11.7. The highest BCUT2D eigenvalue weighted by atomic mass is 16.6. The Kier molecular flexibility index (Phi) is 5.84. The zero-order valence-electron chi connectivity index (χ0n) is 21.9. The van der Waals surface area contributed by atoms with Gasteiger partial charge in [-0.15, -0.1) is 0 Å². The SMILES string of the molecule is CC1C2CCC3C4CC=C5CC(OC(=O)N(C)CC6CCCO6)CCC5(C)C4CCC32CN1C. The fourth-order valence-corrected chi connectivity index (χ4v) is 9.93. The van der Waals surface area contributed by atoms with E-state index in [0.29, 0.717) is 17.4 Å². The summed E-state index contributed by atoms with van der Waals surface area (Å²) in [6, 6.07) is 0.760. The third-order valence-corrected chi connectivity index (χ3v) is 11.7. The van der Waals surface area contributed by atoms with E-state index in [4.69, 9.17) is 9.47 Å². The van der Waals surface area contributed by atoms with Crippen molar-refractivity contribution < 1.29 is 14.3 Å². The molecule has 34 heavy (non-hydrogen) atoms. The molecule has 5 nitrogen and oxygen atoms in total. The van der Waals surface area contributed by atoms with Gasteiger partial charge >= 0.3 is 6.09 Å². The number of carbonyl (C=O) groups is 1. The molecule has 5 fully saturated rings. The van der Waals surface area contributed by atoms with Crippen LogP contribution >= 0.6 is 0 Å². The first-order valence-corrected chi connectivity index (χ1v) is 14.2. The molecular weight excluding hydrogens is 424 g/mol. The van der Waals surface area contributed by atoms with Crippen molar-refractivity contribution in [3.05, 3.63) is 11.6 Å². The van der Waals surface area contributed by atoms with Crippen LogP contribution in [0.15, 0.2) is 11.6 Å². The van der Waals surface area contributed by atoms with E-state index in [2.05, 4.69) is 31.9 Å². The number of amides is 1. The Hall–Kier alpha value is -1.07. The Morgan fingerprint density at radius 2 is 2.00 bits per heavy atom. The number of rotatable bonds is 3. The number of ether oxygens (including phenoxy) is 2. The van der Waals surface area contributed by atoms with Crippen molar-refractivity contribution in [1.29, 1.82) is 0 Å². The number of carbonyl (C=O) groups excluding carboxylic acids is 1.